The van der Waals surface area contributed by atoms with Crippen molar-refractivity contribution in [1.82, 2.24) is 14.9 Å². The molecule has 4 rings (SSSR count). The molecule has 1 unspecified atom stereocenters. The maximum Gasteiger partial charge on any atom is 0.404 e. The van der Waals surface area contributed by atoms with Crippen LogP contribution in [0.2, 0.25) is 0 Å². The zero-order valence-electron chi connectivity index (χ0n) is 16.1. The highest BCUT2D eigenvalue weighted by Crippen LogP contribution is 2.46. The monoisotopic (exact) mass is 414 g/mol. The Morgan fingerprint density at radius 3 is 2.67 bits per heavy atom. The first-order chi connectivity index (χ1) is 14.4. The number of benzene rings is 2. The van der Waals surface area contributed by atoms with Crippen molar-refractivity contribution in [3.05, 3.63) is 72.6 Å². The zero-order chi connectivity index (χ0) is 21.2. The fourth-order valence-corrected chi connectivity index (χ4v) is 3.83. The lowest BCUT2D eigenvalue weighted by Gasteiger charge is -2.30. The van der Waals surface area contributed by atoms with E-state index in [1.807, 2.05) is 30.3 Å². The summed E-state index contributed by atoms with van der Waals surface area (Å²) in [6, 6.07) is 15.9. The Morgan fingerprint density at radius 2 is 1.97 bits per heavy atom. The predicted octanol–water partition coefficient (Wildman–Crippen LogP) is 4.47. The zero-order valence-corrected chi connectivity index (χ0v) is 16.1. The van der Waals surface area contributed by atoms with Gasteiger partial charge in [-0.1, -0.05) is 42.5 Å². The lowest BCUT2D eigenvalue weighted by atomic mass is 9.85. The summed E-state index contributed by atoms with van der Waals surface area (Å²) >= 11 is 0. The number of aromatic amines is 1. The largest absolute Gasteiger partial charge is 0.404 e. The van der Waals surface area contributed by atoms with Crippen LogP contribution in [0.15, 0.2) is 67.0 Å². The number of amides is 1. The van der Waals surface area contributed by atoms with Crippen molar-refractivity contribution in [3.63, 3.8) is 0 Å². The molecule has 1 atom stereocenters. The van der Waals surface area contributed by atoms with Crippen LogP contribution in [-0.4, -0.2) is 40.0 Å². The van der Waals surface area contributed by atoms with Crippen LogP contribution in [0.4, 0.5) is 18.9 Å². The Morgan fingerprint density at radius 1 is 1.17 bits per heavy atom. The summed E-state index contributed by atoms with van der Waals surface area (Å²) in [4.78, 5) is 21.7. The third-order valence-corrected chi connectivity index (χ3v) is 5.47. The Balaban J connectivity index is 1.53. The second kappa shape index (κ2) is 7.95. The lowest BCUT2D eigenvalue weighted by molar-refractivity contribution is -0.215. The second-order valence-electron chi connectivity index (χ2n) is 7.50. The van der Waals surface area contributed by atoms with Crippen LogP contribution in [0, 0.1) is 5.41 Å². The van der Waals surface area contributed by atoms with Crippen molar-refractivity contribution in [2.75, 3.05) is 18.4 Å². The van der Waals surface area contributed by atoms with Gasteiger partial charge < -0.3 is 10.3 Å². The normalized spacial score (nSPS) is 19.7. The highest BCUT2D eigenvalue weighted by Gasteiger charge is 2.62. The smallest absolute Gasteiger partial charge is 0.345 e. The Bertz CT molecular complexity index is 1000. The average Bonchev–Trinajstić information content (AvgIpc) is 3.39. The summed E-state index contributed by atoms with van der Waals surface area (Å²) < 4.78 is 42.2. The molecule has 1 aromatic heterocycles. The molecule has 0 bridgehead atoms. The van der Waals surface area contributed by atoms with Crippen molar-refractivity contribution >= 4 is 11.6 Å². The first-order valence-corrected chi connectivity index (χ1v) is 9.62. The Kier molecular flexibility index (Phi) is 5.34. The highest BCUT2D eigenvalue weighted by molar-refractivity contribution is 5.96. The summed E-state index contributed by atoms with van der Waals surface area (Å²) in [5, 5.41) is 2.49. The van der Waals surface area contributed by atoms with Gasteiger partial charge in [-0.2, -0.15) is 13.2 Å². The second-order valence-corrected chi connectivity index (χ2v) is 7.50. The van der Waals surface area contributed by atoms with E-state index in [0.29, 0.717) is 23.6 Å². The standard InChI is InChI=1S/C22H21F3N4O/c23-22(24,25)21(9-12-29(15-21)14-16-5-2-1-3-6-16)20(30)28-18-8-4-7-17(13-18)19-26-10-11-27-19/h1-8,10-11,13H,9,12,14-15H2,(H,26,27)(H,28,30). The number of carbonyl (C=O) groups is 1. The van der Waals surface area contributed by atoms with E-state index in [9.17, 15) is 18.0 Å². The lowest BCUT2D eigenvalue weighted by Crippen LogP contribution is -2.49. The molecule has 1 saturated heterocycles. The molecule has 2 N–H and O–H groups in total. The van der Waals surface area contributed by atoms with E-state index in [1.165, 1.54) is 0 Å². The van der Waals surface area contributed by atoms with Gasteiger partial charge in [0.1, 0.15) is 5.82 Å². The number of aromatic nitrogens is 2. The van der Waals surface area contributed by atoms with Crippen LogP contribution in [0.5, 0.6) is 0 Å². The number of H-pyrrole nitrogens is 1. The van der Waals surface area contributed by atoms with Crippen LogP contribution >= 0.6 is 0 Å². The molecule has 3 aromatic rings. The van der Waals surface area contributed by atoms with E-state index >= 15 is 0 Å². The first-order valence-electron chi connectivity index (χ1n) is 9.62. The number of halogens is 3. The average molecular weight is 414 g/mol. The molecule has 0 saturated carbocycles. The summed E-state index contributed by atoms with van der Waals surface area (Å²) in [6.07, 6.45) is -1.69. The summed E-state index contributed by atoms with van der Waals surface area (Å²) in [5.41, 5.74) is -0.542. The van der Waals surface area contributed by atoms with E-state index in [0.717, 1.165) is 5.56 Å². The fraction of sp³-hybridized carbons (Fsp3) is 0.273. The van der Waals surface area contributed by atoms with Gasteiger partial charge in [0.25, 0.3) is 0 Å². The predicted molar refractivity (Wildman–Crippen MR) is 107 cm³/mol. The third kappa shape index (κ3) is 3.95. The van der Waals surface area contributed by atoms with E-state index in [4.69, 9.17) is 0 Å². The van der Waals surface area contributed by atoms with Crippen LogP contribution in [0.1, 0.15) is 12.0 Å². The number of nitrogens with zero attached hydrogens (tertiary/aromatic N) is 2. The van der Waals surface area contributed by atoms with Gasteiger partial charge in [-0.15, -0.1) is 0 Å². The molecule has 8 heteroatoms. The minimum absolute atomic E-state index is 0.203. The number of carbonyl (C=O) groups excluding carboxylic acids is 1. The van der Waals surface area contributed by atoms with Crippen molar-refractivity contribution in [2.45, 2.75) is 19.1 Å². The molecule has 1 fully saturated rings. The molecular weight excluding hydrogens is 393 g/mol. The van der Waals surface area contributed by atoms with Gasteiger partial charge in [-0.05, 0) is 30.7 Å². The number of rotatable bonds is 5. The number of nitrogens with one attached hydrogen (secondary N) is 2. The van der Waals surface area contributed by atoms with Crippen LogP contribution < -0.4 is 5.32 Å². The van der Waals surface area contributed by atoms with Crippen LogP contribution in [0.3, 0.4) is 0 Å². The van der Waals surface area contributed by atoms with E-state index < -0.39 is 17.5 Å². The fourth-order valence-electron chi connectivity index (χ4n) is 3.83. The van der Waals surface area contributed by atoms with Gasteiger partial charge in [0.2, 0.25) is 5.91 Å². The molecule has 0 spiro atoms. The Labute approximate surface area is 171 Å². The Hall–Kier alpha value is -3.13. The maximum absolute atomic E-state index is 14.1. The van der Waals surface area contributed by atoms with Gasteiger partial charge in [-0.25, -0.2) is 4.98 Å². The molecule has 156 valence electrons. The highest BCUT2D eigenvalue weighted by atomic mass is 19.4. The van der Waals surface area contributed by atoms with E-state index in [-0.39, 0.29) is 19.5 Å². The minimum atomic E-state index is -4.65. The van der Waals surface area contributed by atoms with Gasteiger partial charge >= 0.3 is 6.18 Å². The van der Waals surface area contributed by atoms with E-state index in [1.54, 1.807) is 41.6 Å². The molecule has 30 heavy (non-hydrogen) atoms. The molecule has 5 nitrogen and oxygen atoms in total. The number of alkyl halides is 3. The molecule has 2 heterocycles. The minimum Gasteiger partial charge on any atom is -0.345 e. The molecule has 1 aliphatic heterocycles. The van der Waals surface area contributed by atoms with Crippen LogP contribution in [0.25, 0.3) is 11.4 Å². The third-order valence-electron chi connectivity index (χ3n) is 5.47. The summed E-state index contributed by atoms with van der Waals surface area (Å²) in [6.45, 7) is 0.212. The molecule has 1 amide bonds. The van der Waals surface area contributed by atoms with Gasteiger partial charge in [0, 0.05) is 36.7 Å². The quantitative estimate of drug-likeness (QED) is 0.648. The van der Waals surface area contributed by atoms with Crippen molar-refractivity contribution in [3.8, 4) is 11.4 Å². The van der Waals surface area contributed by atoms with Crippen LogP contribution in [-0.2, 0) is 11.3 Å². The number of anilines is 1. The topological polar surface area (TPSA) is 61.0 Å². The number of hydrogen-bond donors (Lipinski definition) is 2. The number of likely N-dealkylation sites (tertiary alicyclic amines) is 1. The molecule has 2 aromatic carbocycles. The van der Waals surface area contributed by atoms with Gasteiger partial charge in [0.05, 0.1) is 0 Å². The summed E-state index contributed by atoms with van der Waals surface area (Å²) in [5.74, 6) is -0.450. The molecule has 0 radical (unpaired) electrons. The summed E-state index contributed by atoms with van der Waals surface area (Å²) in [7, 11) is 0. The molecule has 0 aliphatic carbocycles. The first kappa shape index (κ1) is 20.2. The SMILES string of the molecule is O=C(Nc1cccc(-c2ncc[nH]2)c1)C1(C(F)(F)F)CCN(Cc2ccccc2)C1. The maximum atomic E-state index is 14.1. The number of hydrogen-bond acceptors (Lipinski definition) is 3. The molecule has 1 aliphatic rings. The number of imidazole rings is 1. The van der Waals surface area contributed by atoms with Crippen molar-refractivity contribution < 1.29 is 18.0 Å². The van der Waals surface area contributed by atoms with E-state index in [2.05, 4.69) is 15.3 Å². The molecular formula is C22H21F3N4O. The van der Waals surface area contributed by atoms with Crippen molar-refractivity contribution in [1.29, 1.82) is 0 Å². The van der Waals surface area contributed by atoms with Crippen molar-refractivity contribution in [2.24, 2.45) is 5.41 Å². The van der Waals surface area contributed by atoms with Gasteiger partial charge in [-0.3, -0.25) is 9.69 Å². The van der Waals surface area contributed by atoms with Gasteiger partial charge in [0.15, 0.2) is 5.41 Å².